The molecule has 1 aliphatic carbocycles. The summed E-state index contributed by atoms with van der Waals surface area (Å²) in [5, 5.41) is 6.18. The quantitative estimate of drug-likeness (QED) is 0.545. The number of hydrogen-bond donors (Lipinski definition) is 2. The molecule has 1 fully saturated rings. The SMILES string of the molecule is C=C(NCOC)NC1CC1. The summed E-state index contributed by atoms with van der Waals surface area (Å²) in [5.74, 6) is 0.865. The molecule has 58 valence electrons. The largest absolute Gasteiger partial charge is 0.370 e. The van der Waals surface area contributed by atoms with Crippen LogP contribution in [-0.4, -0.2) is 19.9 Å². The van der Waals surface area contributed by atoms with Gasteiger partial charge in [-0.25, -0.2) is 0 Å². The van der Waals surface area contributed by atoms with Crippen LogP contribution in [0, 0.1) is 0 Å². The number of nitrogens with one attached hydrogen (secondary N) is 2. The molecule has 0 aromatic heterocycles. The first-order valence-electron chi connectivity index (χ1n) is 3.51. The number of hydrogen-bond acceptors (Lipinski definition) is 3. The lowest BCUT2D eigenvalue weighted by Gasteiger charge is -2.09. The van der Waals surface area contributed by atoms with Gasteiger partial charge in [0.15, 0.2) is 0 Å². The van der Waals surface area contributed by atoms with Gasteiger partial charge < -0.3 is 15.4 Å². The van der Waals surface area contributed by atoms with Gasteiger partial charge in [0, 0.05) is 13.2 Å². The van der Waals surface area contributed by atoms with Crippen molar-refractivity contribution in [2.24, 2.45) is 0 Å². The summed E-state index contributed by atoms with van der Waals surface area (Å²) in [7, 11) is 1.65. The van der Waals surface area contributed by atoms with Gasteiger partial charge in [0.1, 0.15) is 6.73 Å². The maximum absolute atomic E-state index is 4.80. The Morgan fingerprint density at radius 1 is 1.70 bits per heavy atom. The van der Waals surface area contributed by atoms with E-state index in [-0.39, 0.29) is 0 Å². The lowest BCUT2D eigenvalue weighted by Crippen LogP contribution is -2.28. The minimum atomic E-state index is 0.526. The van der Waals surface area contributed by atoms with Gasteiger partial charge in [-0.3, -0.25) is 0 Å². The standard InChI is InChI=1S/C7H14N2O/c1-6(8-5-10-2)9-7-3-4-7/h7-9H,1,3-5H2,2H3. The molecule has 0 heterocycles. The van der Waals surface area contributed by atoms with E-state index in [4.69, 9.17) is 4.74 Å². The van der Waals surface area contributed by atoms with Crippen molar-refractivity contribution in [2.75, 3.05) is 13.8 Å². The number of rotatable bonds is 5. The molecule has 10 heavy (non-hydrogen) atoms. The number of methoxy groups -OCH3 is 1. The average Bonchev–Trinajstić information content (AvgIpc) is 2.67. The highest BCUT2D eigenvalue weighted by molar-refractivity contribution is 4.95. The van der Waals surface area contributed by atoms with Crippen LogP contribution in [0.2, 0.25) is 0 Å². The zero-order valence-corrected chi connectivity index (χ0v) is 6.31. The van der Waals surface area contributed by atoms with Gasteiger partial charge in [0.2, 0.25) is 0 Å². The third-order valence-corrected chi connectivity index (χ3v) is 1.39. The Bertz CT molecular complexity index is 121. The van der Waals surface area contributed by atoms with Crippen molar-refractivity contribution in [3.63, 3.8) is 0 Å². The second kappa shape index (κ2) is 3.46. The van der Waals surface area contributed by atoms with E-state index in [0.717, 1.165) is 5.82 Å². The normalized spacial score (nSPS) is 16.5. The van der Waals surface area contributed by atoms with E-state index in [1.54, 1.807) is 7.11 Å². The van der Waals surface area contributed by atoms with Gasteiger partial charge in [-0.15, -0.1) is 0 Å². The van der Waals surface area contributed by atoms with E-state index >= 15 is 0 Å². The van der Waals surface area contributed by atoms with Crippen molar-refractivity contribution in [2.45, 2.75) is 18.9 Å². The second-order valence-corrected chi connectivity index (χ2v) is 2.51. The average molecular weight is 142 g/mol. The van der Waals surface area contributed by atoms with Crippen LogP contribution >= 0.6 is 0 Å². The smallest absolute Gasteiger partial charge is 0.117 e. The molecule has 1 rings (SSSR count). The van der Waals surface area contributed by atoms with Crippen LogP contribution in [0.1, 0.15) is 12.8 Å². The fourth-order valence-corrected chi connectivity index (χ4v) is 0.684. The predicted octanol–water partition coefficient (Wildman–Crippen LogP) is 0.403. The Morgan fingerprint density at radius 3 is 2.90 bits per heavy atom. The molecule has 1 aliphatic rings. The van der Waals surface area contributed by atoms with E-state index in [2.05, 4.69) is 17.2 Å². The predicted molar refractivity (Wildman–Crippen MR) is 40.3 cm³/mol. The van der Waals surface area contributed by atoms with Crippen molar-refractivity contribution in [3.05, 3.63) is 12.4 Å². The van der Waals surface area contributed by atoms with Gasteiger partial charge >= 0.3 is 0 Å². The Labute approximate surface area is 61.4 Å². The van der Waals surface area contributed by atoms with Crippen molar-refractivity contribution in [3.8, 4) is 0 Å². The van der Waals surface area contributed by atoms with Gasteiger partial charge in [0.05, 0.1) is 5.82 Å². The molecule has 0 radical (unpaired) electrons. The second-order valence-electron chi connectivity index (χ2n) is 2.51. The Hall–Kier alpha value is -0.700. The molecule has 0 aromatic carbocycles. The van der Waals surface area contributed by atoms with E-state index in [9.17, 15) is 0 Å². The van der Waals surface area contributed by atoms with Crippen LogP contribution in [0.4, 0.5) is 0 Å². The minimum absolute atomic E-state index is 0.526. The molecule has 0 atom stereocenters. The summed E-state index contributed by atoms with van der Waals surface area (Å²) in [6.07, 6.45) is 2.54. The summed E-state index contributed by atoms with van der Waals surface area (Å²) >= 11 is 0. The maximum atomic E-state index is 4.80. The monoisotopic (exact) mass is 142 g/mol. The topological polar surface area (TPSA) is 33.3 Å². The molecule has 0 bridgehead atoms. The highest BCUT2D eigenvalue weighted by Gasteiger charge is 2.20. The zero-order valence-electron chi connectivity index (χ0n) is 6.31. The lowest BCUT2D eigenvalue weighted by molar-refractivity contribution is 0.182. The molecule has 3 nitrogen and oxygen atoms in total. The Balaban J connectivity index is 1.97. The Kier molecular flexibility index (Phi) is 2.57. The van der Waals surface area contributed by atoms with Crippen LogP contribution in [0.25, 0.3) is 0 Å². The van der Waals surface area contributed by atoms with Crippen LogP contribution in [0.3, 0.4) is 0 Å². The summed E-state index contributed by atoms with van der Waals surface area (Å²) in [6, 6.07) is 0.664. The fraction of sp³-hybridized carbons (Fsp3) is 0.714. The first kappa shape index (κ1) is 7.41. The summed E-state index contributed by atoms with van der Waals surface area (Å²) in [4.78, 5) is 0. The first-order chi connectivity index (χ1) is 4.83. The molecular formula is C7H14N2O. The zero-order chi connectivity index (χ0) is 7.40. The van der Waals surface area contributed by atoms with Gasteiger partial charge in [-0.2, -0.15) is 0 Å². The summed E-state index contributed by atoms with van der Waals surface area (Å²) in [6.45, 7) is 4.30. The minimum Gasteiger partial charge on any atom is -0.370 e. The van der Waals surface area contributed by atoms with E-state index < -0.39 is 0 Å². The third-order valence-electron chi connectivity index (χ3n) is 1.39. The van der Waals surface area contributed by atoms with Crippen LogP contribution in [-0.2, 0) is 4.74 Å². The molecule has 3 heteroatoms. The molecule has 0 unspecified atom stereocenters. The molecule has 2 N–H and O–H groups in total. The molecule has 0 aliphatic heterocycles. The van der Waals surface area contributed by atoms with Crippen molar-refractivity contribution < 1.29 is 4.74 Å². The van der Waals surface area contributed by atoms with Crippen molar-refractivity contribution in [1.82, 2.24) is 10.6 Å². The fourth-order valence-electron chi connectivity index (χ4n) is 0.684. The van der Waals surface area contributed by atoms with Gasteiger partial charge in [-0.1, -0.05) is 6.58 Å². The molecule has 0 saturated heterocycles. The van der Waals surface area contributed by atoms with Crippen molar-refractivity contribution in [1.29, 1.82) is 0 Å². The molecule has 0 aromatic rings. The van der Waals surface area contributed by atoms with E-state index in [1.807, 2.05) is 0 Å². The van der Waals surface area contributed by atoms with Crippen LogP contribution in [0.5, 0.6) is 0 Å². The van der Waals surface area contributed by atoms with E-state index in [1.165, 1.54) is 12.8 Å². The highest BCUT2D eigenvalue weighted by Crippen LogP contribution is 2.19. The summed E-state index contributed by atoms with van der Waals surface area (Å²) < 4.78 is 4.80. The molecule has 1 saturated carbocycles. The lowest BCUT2D eigenvalue weighted by atomic mass is 10.6. The van der Waals surface area contributed by atoms with Gasteiger partial charge in [0.25, 0.3) is 0 Å². The summed E-state index contributed by atoms with van der Waals surface area (Å²) in [5.41, 5.74) is 0. The highest BCUT2D eigenvalue weighted by atomic mass is 16.5. The Morgan fingerprint density at radius 2 is 2.40 bits per heavy atom. The van der Waals surface area contributed by atoms with Crippen LogP contribution in [0.15, 0.2) is 12.4 Å². The first-order valence-corrected chi connectivity index (χ1v) is 3.51. The van der Waals surface area contributed by atoms with Gasteiger partial charge in [-0.05, 0) is 12.8 Å². The molecule has 0 spiro atoms. The van der Waals surface area contributed by atoms with Crippen LogP contribution < -0.4 is 10.6 Å². The molecular weight excluding hydrogens is 128 g/mol. The maximum Gasteiger partial charge on any atom is 0.117 e. The third kappa shape index (κ3) is 2.73. The van der Waals surface area contributed by atoms with Crippen molar-refractivity contribution >= 4 is 0 Å². The molecule has 0 amide bonds. The number of ether oxygens (including phenoxy) is 1. The van der Waals surface area contributed by atoms with E-state index in [0.29, 0.717) is 12.8 Å².